The van der Waals surface area contributed by atoms with Crippen molar-refractivity contribution in [3.63, 3.8) is 0 Å². The molecule has 0 radical (unpaired) electrons. The Bertz CT molecular complexity index is 453. The van der Waals surface area contributed by atoms with Crippen molar-refractivity contribution < 1.29 is 15.1 Å². The third-order valence-corrected chi connectivity index (χ3v) is 7.42. The average Bonchev–Trinajstić information content (AvgIpc) is 3.08. The fraction of sp³-hybridized carbons (Fsp3) is 1.00. The first-order valence-electron chi connectivity index (χ1n) is 11.0. The van der Waals surface area contributed by atoms with Crippen LogP contribution >= 0.6 is 0 Å². The van der Waals surface area contributed by atoms with Crippen LogP contribution in [0, 0.1) is 11.8 Å². The van der Waals surface area contributed by atoms with Crippen LogP contribution in [-0.2, 0) is 4.84 Å². The molecule has 0 spiro atoms. The van der Waals surface area contributed by atoms with Crippen molar-refractivity contribution >= 4 is 0 Å². The second-order valence-electron chi connectivity index (χ2n) is 9.22. The van der Waals surface area contributed by atoms with Gasteiger partial charge in [0.1, 0.15) is 12.2 Å². The number of hydroxylamine groups is 1. The number of rotatable bonds is 5. The van der Waals surface area contributed by atoms with Crippen LogP contribution in [0.3, 0.4) is 0 Å². The van der Waals surface area contributed by atoms with Crippen molar-refractivity contribution in [1.82, 2.24) is 15.7 Å². The molecular formula is C19H37N5O+2. The Balaban J connectivity index is 1.16. The predicted molar refractivity (Wildman–Crippen MR) is 95.5 cm³/mol. The highest BCUT2D eigenvalue weighted by molar-refractivity contribution is 4.86. The lowest BCUT2D eigenvalue weighted by molar-refractivity contribution is -0.918. The van der Waals surface area contributed by atoms with Crippen molar-refractivity contribution in [2.75, 3.05) is 32.7 Å². The Morgan fingerprint density at radius 2 is 1.96 bits per heavy atom. The molecular weight excluding hydrogens is 314 g/mol. The van der Waals surface area contributed by atoms with E-state index in [2.05, 4.69) is 21.0 Å². The number of nitrogens with one attached hydrogen (secondary N) is 3. The molecule has 6 heteroatoms. The second-order valence-corrected chi connectivity index (χ2v) is 9.22. The largest absolute Gasteiger partial charge is 0.331 e. The van der Waals surface area contributed by atoms with Gasteiger partial charge >= 0.3 is 0 Å². The van der Waals surface area contributed by atoms with E-state index in [0.29, 0.717) is 24.3 Å². The first-order chi connectivity index (χ1) is 12.4. The Labute approximate surface area is 152 Å². The number of quaternary nitrogens is 2. The van der Waals surface area contributed by atoms with Crippen molar-refractivity contribution in [2.45, 2.75) is 76.0 Å². The summed E-state index contributed by atoms with van der Waals surface area (Å²) in [7, 11) is 0. The van der Waals surface area contributed by atoms with E-state index in [1.807, 2.05) is 0 Å². The molecule has 5 fully saturated rings. The molecule has 25 heavy (non-hydrogen) atoms. The van der Waals surface area contributed by atoms with Crippen molar-refractivity contribution in [3.05, 3.63) is 0 Å². The number of nitrogens with two attached hydrogens (primary N) is 1. The quantitative estimate of drug-likeness (QED) is 0.493. The first-order valence-corrected chi connectivity index (χ1v) is 11.0. The first kappa shape index (κ1) is 16.9. The summed E-state index contributed by atoms with van der Waals surface area (Å²) in [5.41, 5.74) is 3.40. The molecule has 5 N–H and O–H groups in total. The lowest BCUT2D eigenvalue weighted by Gasteiger charge is -2.35. The Kier molecular flexibility index (Phi) is 5.01. The highest BCUT2D eigenvalue weighted by Crippen LogP contribution is 2.28. The lowest BCUT2D eigenvalue weighted by Crippen LogP contribution is -3.15. The topological polar surface area (TPSA) is 57.6 Å². The molecule has 0 aromatic heterocycles. The fourth-order valence-electron chi connectivity index (χ4n) is 5.77. The van der Waals surface area contributed by atoms with E-state index in [4.69, 9.17) is 4.84 Å². The van der Waals surface area contributed by atoms with Crippen LogP contribution in [0.4, 0.5) is 0 Å². The summed E-state index contributed by atoms with van der Waals surface area (Å²) < 4.78 is 0. The van der Waals surface area contributed by atoms with Crippen LogP contribution < -0.4 is 21.0 Å². The zero-order valence-corrected chi connectivity index (χ0v) is 15.6. The van der Waals surface area contributed by atoms with Crippen LogP contribution in [0.1, 0.15) is 51.4 Å². The summed E-state index contributed by atoms with van der Waals surface area (Å²) in [4.78, 5) is 10.6. The second kappa shape index (κ2) is 7.41. The van der Waals surface area contributed by atoms with Gasteiger partial charge < -0.3 is 10.2 Å². The van der Waals surface area contributed by atoms with Crippen molar-refractivity contribution in [1.29, 1.82) is 0 Å². The van der Waals surface area contributed by atoms with E-state index in [0.717, 1.165) is 5.92 Å². The molecule has 0 amide bonds. The number of hydrogen-bond acceptors (Lipinski definition) is 4. The molecule has 4 heterocycles. The molecule has 5 aliphatic rings. The van der Waals surface area contributed by atoms with Crippen LogP contribution in [0.5, 0.6) is 0 Å². The standard InChI is InChI=1S/C19H35N5O/c1-2-10-23(9-1)17-12-15(7-8-20-17)18-21-19(25-22-18)16-4-3-11-24(16)13-14-5-6-14/h14-22H,1-13H2/p+2/t15?,16-,17?,18?,19?/m1/s1. The van der Waals surface area contributed by atoms with Gasteiger partial charge in [-0.1, -0.05) is 0 Å². The van der Waals surface area contributed by atoms with Crippen LogP contribution in [0.2, 0.25) is 0 Å². The summed E-state index contributed by atoms with van der Waals surface area (Å²) >= 11 is 0. The van der Waals surface area contributed by atoms with Crippen LogP contribution in [0.25, 0.3) is 0 Å². The molecule has 1 saturated carbocycles. The van der Waals surface area contributed by atoms with E-state index in [1.165, 1.54) is 84.1 Å². The highest BCUT2D eigenvalue weighted by Gasteiger charge is 2.45. The molecule has 5 unspecified atom stereocenters. The Hall–Kier alpha value is -0.240. The summed E-state index contributed by atoms with van der Waals surface area (Å²) in [6.07, 6.45) is 12.3. The Morgan fingerprint density at radius 1 is 1.08 bits per heavy atom. The zero-order valence-electron chi connectivity index (χ0n) is 15.6. The molecule has 5 rings (SSSR count). The zero-order chi connectivity index (χ0) is 16.6. The molecule has 6 nitrogen and oxygen atoms in total. The predicted octanol–water partition coefficient (Wildman–Crippen LogP) is -1.38. The van der Waals surface area contributed by atoms with E-state index < -0.39 is 0 Å². The Morgan fingerprint density at radius 3 is 2.80 bits per heavy atom. The summed E-state index contributed by atoms with van der Waals surface area (Å²) in [5.74, 6) is 1.71. The van der Waals surface area contributed by atoms with Gasteiger partial charge in [0.15, 0.2) is 6.23 Å². The van der Waals surface area contributed by atoms with E-state index in [9.17, 15) is 0 Å². The molecule has 4 aliphatic heterocycles. The van der Waals surface area contributed by atoms with Gasteiger partial charge in [0.25, 0.3) is 0 Å². The number of likely N-dealkylation sites (tertiary alicyclic amines) is 2. The molecule has 0 bridgehead atoms. The van der Waals surface area contributed by atoms with Crippen LogP contribution in [0.15, 0.2) is 0 Å². The maximum absolute atomic E-state index is 6.09. The average molecular weight is 352 g/mol. The number of hydrogen-bond donors (Lipinski definition) is 4. The summed E-state index contributed by atoms with van der Waals surface area (Å²) in [5, 5.41) is 6.43. The lowest BCUT2D eigenvalue weighted by atomic mass is 9.92. The summed E-state index contributed by atoms with van der Waals surface area (Å²) in [6, 6.07) is 0.655. The molecule has 0 aromatic rings. The molecule has 142 valence electrons. The van der Waals surface area contributed by atoms with Gasteiger partial charge in [0, 0.05) is 50.6 Å². The van der Waals surface area contributed by atoms with E-state index in [-0.39, 0.29) is 6.23 Å². The number of nitrogens with zero attached hydrogens (tertiary/aromatic N) is 1. The normalized spacial score (nSPS) is 46.1. The maximum atomic E-state index is 6.09. The van der Waals surface area contributed by atoms with Gasteiger partial charge in [-0.15, -0.1) is 0 Å². The fourth-order valence-corrected chi connectivity index (χ4v) is 5.77. The van der Waals surface area contributed by atoms with Gasteiger partial charge in [-0.05, 0) is 25.7 Å². The van der Waals surface area contributed by atoms with Gasteiger partial charge in [0.05, 0.1) is 25.8 Å². The third kappa shape index (κ3) is 3.75. The smallest absolute Gasteiger partial charge is 0.183 e. The maximum Gasteiger partial charge on any atom is 0.183 e. The third-order valence-electron chi connectivity index (χ3n) is 7.42. The summed E-state index contributed by atoms with van der Waals surface area (Å²) in [6.45, 7) is 6.61. The SMILES string of the molecule is C1CCN(C2CC(C3NOC([C@H]4CCC[NH+]4CC4CC4)N3)CC[NH2+]2)C1. The van der Waals surface area contributed by atoms with E-state index in [1.54, 1.807) is 4.90 Å². The van der Waals surface area contributed by atoms with Crippen LogP contribution in [-0.4, -0.2) is 62.2 Å². The van der Waals surface area contributed by atoms with Gasteiger partial charge in [-0.3, -0.25) is 15.1 Å². The van der Waals surface area contributed by atoms with Gasteiger partial charge in [-0.2, -0.15) is 5.48 Å². The molecule has 4 saturated heterocycles. The van der Waals surface area contributed by atoms with Crippen molar-refractivity contribution in [2.24, 2.45) is 11.8 Å². The van der Waals surface area contributed by atoms with E-state index >= 15 is 0 Å². The molecule has 1 aliphatic carbocycles. The minimum Gasteiger partial charge on any atom is -0.331 e. The minimum absolute atomic E-state index is 0.220. The van der Waals surface area contributed by atoms with Gasteiger partial charge in [-0.25, -0.2) is 0 Å². The number of piperidine rings is 1. The van der Waals surface area contributed by atoms with Gasteiger partial charge in [0.2, 0.25) is 0 Å². The molecule has 6 atom stereocenters. The minimum atomic E-state index is 0.220. The highest BCUT2D eigenvalue weighted by atomic mass is 16.7. The monoisotopic (exact) mass is 351 g/mol. The molecule has 0 aromatic carbocycles. The van der Waals surface area contributed by atoms with Crippen molar-refractivity contribution in [3.8, 4) is 0 Å².